The summed E-state index contributed by atoms with van der Waals surface area (Å²) in [5.41, 5.74) is 0. The lowest BCUT2D eigenvalue weighted by Gasteiger charge is -2.33. The van der Waals surface area contributed by atoms with Crippen molar-refractivity contribution >= 4 is 12.0 Å². The molecule has 5 nitrogen and oxygen atoms in total. The van der Waals surface area contributed by atoms with Gasteiger partial charge in [0, 0.05) is 13.6 Å². The molecular weight excluding hydrogens is 220 g/mol. The summed E-state index contributed by atoms with van der Waals surface area (Å²) in [6, 6.07) is -0.367. The molecule has 1 aliphatic heterocycles. The molecule has 2 amide bonds. The summed E-state index contributed by atoms with van der Waals surface area (Å²) < 4.78 is 5.17. The van der Waals surface area contributed by atoms with E-state index in [1.54, 1.807) is 11.9 Å². The Hall–Kier alpha value is -1.26. The lowest BCUT2D eigenvalue weighted by Crippen LogP contribution is -2.51. The second kappa shape index (κ2) is 6.47. The van der Waals surface area contributed by atoms with Gasteiger partial charge in [-0.2, -0.15) is 0 Å². The molecule has 1 rings (SSSR count). The molecule has 0 saturated carbocycles. The van der Waals surface area contributed by atoms with Crippen LogP contribution in [0.2, 0.25) is 0 Å². The summed E-state index contributed by atoms with van der Waals surface area (Å²) in [4.78, 5) is 25.1. The standard InChI is InChI=1S/C12H22N2O3/c1-9(2)8-17-12(16)14-7-5-4-6-10(14)11(15)13-3/h9-10H,4-8H2,1-3H3,(H,13,15). The monoisotopic (exact) mass is 242 g/mol. The van der Waals surface area contributed by atoms with Crippen molar-refractivity contribution in [2.24, 2.45) is 5.92 Å². The van der Waals surface area contributed by atoms with E-state index in [9.17, 15) is 9.59 Å². The minimum Gasteiger partial charge on any atom is -0.449 e. The van der Waals surface area contributed by atoms with Gasteiger partial charge in [0.25, 0.3) is 0 Å². The minimum absolute atomic E-state index is 0.105. The molecule has 0 spiro atoms. The van der Waals surface area contributed by atoms with Crippen LogP contribution < -0.4 is 5.32 Å². The predicted octanol–water partition coefficient (Wildman–Crippen LogP) is 1.38. The van der Waals surface area contributed by atoms with Crippen LogP contribution in [0, 0.1) is 5.92 Å². The van der Waals surface area contributed by atoms with E-state index in [-0.39, 0.29) is 18.0 Å². The molecule has 0 aromatic rings. The van der Waals surface area contributed by atoms with Gasteiger partial charge in [0.15, 0.2) is 0 Å². The van der Waals surface area contributed by atoms with Crippen molar-refractivity contribution in [3.63, 3.8) is 0 Å². The Labute approximate surface area is 102 Å². The molecule has 1 N–H and O–H groups in total. The number of carbonyl (C=O) groups excluding carboxylic acids is 2. The van der Waals surface area contributed by atoms with E-state index in [4.69, 9.17) is 4.74 Å². The molecule has 1 saturated heterocycles. The van der Waals surface area contributed by atoms with Gasteiger partial charge in [-0.05, 0) is 25.2 Å². The van der Waals surface area contributed by atoms with Crippen molar-refractivity contribution in [3.05, 3.63) is 0 Å². The second-order valence-corrected chi connectivity index (χ2v) is 4.79. The van der Waals surface area contributed by atoms with Crippen LogP contribution in [-0.2, 0) is 9.53 Å². The predicted molar refractivity (Wildman–Crippen MR) is 64.6 cm³/mol. The molecule has 0 aliphatic carbocycles. The largest absolute Gasteiger partial charge is 0.449 e. The lowest BCUT2D eigenvalue weighted by atomic mass is 10.0. The van der Waals surface area contributed by atoms with Crippen molar-refractivity contribution in [3.8, 4) is 0 Å². The van der Waals surface area contributed by atoms with Gasteiger partial charge in [-0.15, -0.1) is 0 Å². The van der Waals surface area contributed by atoms with Crippen LogP contribution in [0.25, 0.3) is 0 Å². The highest BCUT2D eigenvalue weighted by Gasteiger charge is 2.32. The number of rotatable bonds is 3. The molecule has 5 heteroatoms. The van der Waals surface area contributed by atoms with E-state index in [0.717, 1.165) is 19.3 Å². The normalized spacial score (nSPS) is 20.2. The topological polar surface area (TPSA) is 58.6 Å². The highest BCUT2D eigenvalue weighted by Crippen LogP contribution is 2.18. The number of likely N-dealkylation sites (tertiary alicyclic amines) is 1. The van der Waals surface area contributed by atoms with Gasteiger partial charge in [-0.3, -0.25) is 9.69 Å². The van der Waals surface area contributed by atoms with Gasteiger partial charge in [-0.25, -0.2) is 4.79 Å². The zero-order valence-corrected chi connectivity index (χ0v) is 10.9. The van der Waals surface area contributed by atoms with Crippen molar-refractivity contribution in [2.75, 3.05) is 20.2 Å². The highest BCUT2D eigenvalue weighted by molar-refractivity contribution is 5.85. The molecule has 0 aromatic carbocycles. The fraction of sp³-hybridized carbons (Fsp3) is 0.833. The van der Waals surface area contributed by atoms with Crippen molar-refractivity contribution in [1.82, 2.24) is 10.2 Å². The number of nitrogens with one attached hydrogen (secondary N) is 1. The SMILES string of the molecule is CNC(=O)C1CCCCN1C(=O)OCC(C)C. The summed E-state index contributed by atoms with van der Waals surface area (Å²) in [5, 5.41) is 2.60. The number of likely N-dealkylation sites (N-methyl/N-ethyl adjacent to an activating group) is 1. The number of piperidine rings is 1. The Kier molecular flexibility index (Phi) is 5.25. The number of ether oxygens (including phenoxy) is 1. The molecule has 1 heterocycles. The average Bonchev–Trinajstić information content (AvgIpc) is 2.34. The van der Waals surface area contributed by atoms with E-state index < -0.39 is 0 Å². The van der Waals surface area contributed by atoms with Crippen LogP contribution in [0.3, 0.4) is 0 Å². The molecule has 0 radical (unpaired) electrons. The zero-order valence-electron chi connectivity index (χ0n) is 10.9. The summed E-state index contributed by atoms with van der Waals surface area (Å²) in [7, 11) is 1.59. The van der Waals surface area contributed by atoms with Crippen LogP contribution >= 0.6 is 0 Å². The Bertz CT molecular complexity index is 279. The van der Waals surface area contributed by atoms with Crippen LogP contribution in [0.1, 0.15) is 33.1 Å². The second-order valence-electron chi connectivity index (χ2n) is 4.79. The van der Waals surface area contributed by atoms with Gasteiger partial charge < -0.3 is 10.1 Å². The molecule has 17 heavy (non-hydrogen) atoms. The van der Waals surface area contributed by atoms with Crippen LogP contribution in [-0.4, -0.2) is 43.1 Å². The number of amides is 2. The molecule has 1 aliphatic rings. The van der Waals surface area contributed by atoms with Crippen LogP contribution in [0.4, 0.5) is 4.79 Å². The maximum Gasteiger partial charge on any atom is 0.410 e. The number of carbonyl (C=O) groups is 2. The zero-order chi connectivity index (χ0) is 12.8. The molecule has 0 aromatic heterocycles. The highest BCUT2D eigenvalue weighted by atomic mass is 16.6. The third-order valence-electron chi connectivity index (χ3n) is 2.83. The first kappa shape index (κ1) is 13.8. The van der Waals surface area contributed by atoms with Crippen molar-refractivity contribution in [1.29, 1.82) is 0 Å². The van der Waals surface area contributed by atoms with Gasteiger partial charge >= 0.3 is 6.09 Å². The summed E-state index contributed by atoms with van der Waals surface area (Å²) >= 11 is 0. The smallest absolute Gasteiger partial charge is 0.410 e. The van der Waals surface area contributed by atoms with Crippen LogP contribution in [0.15, 0.2) is 0 Å². The molecule has 1 fully saturated rings. The first-order valence-electron chi connectivity index (χ1n) is 6.21. The number of nitrogens with zero attached hydrogens (tertiary/aromatic N) is 1. The van der Waals surface area contributed by atoms with Crippen LogP contribution in [0.5, 0.6) is 0 Å². The molecule has 1 atom stereocenters. The summed E-state index contributed by atoms with van der Waals surface area (Å²) in [6.07, 6.45) is 2.26. The Balaban J connectivity index is 2.58. The molecule has 1 unspecified atom stereocenters. The third-order valence-corrected chi connectivity index (χ3v) is 2.83. The van der Waals surface area contributed by atoms with E-state index >= 15 is 0 Å². The van der Waals surface area contributed by atoms with Crippen molar-refractivity contribution in [2.45, 2.75) is 39.2 Å². The van der Waals surface area contributed by atoms with E-state index in [2.05, 4.69) is 5.32 Å². The fourth-order valence-electron chi connectivity index (χ4n) is 1.91. The first-order chi connectivity index (χ1) is 8.06. The molecule has 0 bridgehead atoms. The maximum atomic E-state index is 11.9. The van der Waals surface area contributed by atoms with E-state index in [0.29, 0.717) is 19.1 Å². The fourth-order valence-corrected chi connectivity index (χ4v) is 1.91. The molecule has 98 valence electrons. The Morgan fingerprint density at radius 2 is 2.12 bits per heavy atom. The minimum atomic E-state index is -0.369. The van der Waals surface area contributed by atoms with Gasteiger partial charge in [0.05, 0.1) is 6.61 Å². The summed E-state index contributed by atoms with van der Waals surface area (Å²) in [5.74, 6) is 0.202. The van der Waals surface area contributed by atoms with Crippen molar-refractivity contribution < 1.29 is 14.3 Å². The number of hydrogen-bond acceptors (Lipinski definition) is 3. The maximum absolute atomic E-state index is 11.9. The average molecular weight is 242 g/mol. The Morgan fingerprint density at radius 3 is 2.71 bits per heavy atom. The van der Waals surface area contributed by atoms with Gasteiger partial charge in [0.1, 0.15) is 6.04 Å². The number of hydrogen-bond donors (Lipinski definition) is 1. The quantitative estimate of drug-likeness (QED) is 0.813. The van der Waals surface area contributed by atoms with Gasteiger partial charge in [-0.1, -0.05) is 13.8 Å². The van der Waals surface area contributed by atoms with E-state index in [1.807, 2.05) is 13.8 Å². The lowest BCUT2D eigenvalue weighted by molar-refractivity contribution is -0.126. The Morgan fingerprint density at radius 1 is 1.41 bits per heavy atom. The first-order valence-corrected chi connectivity index (χ1v) is 6.21. The van der Waals surface area contributed by atoms with Gasteiger partial charge in [0.2, 0.25) is 5.91 Å². The van der Waals surface area contributed by atoms with E-state index in [1.165, 1.54) is 0 Å². The molecular formula is C12H22N2O3. The third kappa shape index (κ3) is 3.91. The summed E-state index contributed by atoms with van der Waals surface area (Å²) in [6.45, 7) is 4.98.